The molecule has 6 aliphatic carbocycles. The van der Waals surface area contributed by atoms with Gasteiger partial charge in [-0.25, -0.2) is 0 Å². The molecule has 2 saturated carbocycles. The molecule has 8 atom stereocenters. The Kier molecular flexibility index (Phi) is 15.6. The predicted molar refractivity (Wildman–Crippen MR) is 269 cm³/mol. The molecule has 2 aromatic carbocycles. The molecule has 0 bridgehead atoms. The summed E-state index contributed by atoms with van der Waals surface area (Å²) in [6.45, 7) is 2.46. The van der Waals surface area contributed by atoms with Crippen LogP contribution in [-0.2, 0) is 41.6 Å². The monoisotopic (exact) mass is 1000 g/mol. The SMILES string of the molecule is C.C.CCCCOc1ccc(N(C)C)c2c1C(O)=C1C(=O)[C@]3(O)C(O)=C(C(N)=O)C(=O)[C@@H](N(C)C)[C@@H]3C[C@@H]1C2.CN(C)c1ccc(O)c2c1C[C@H]1C[C@H]3[C@H](N(C)C)C(=O)C(C(N)=O)=C(O)[C@@]3(O)C(=O)C1=C2O. The second-order valence-corrected chi connectivity index (χ2v) is 19.8. The molecule has 2 fully saturated rings. The van der Waals surface area contributed by atoms with Crippen molar-refractivity contribution in [2.75, 3.05) is 72.8 Å². The molecule has 20 heteroatoms. The zero-order valence-electron chi connectivity index (χ0n) is 40.7. The number of primary amides is 2. The first-order valence-electron chi connectivity index (χ1n) is 23.0. The van der Waals surface area contributed by atoms with E-state index in [0.29, 0.717) is 29.9 Å². The first-order chi connectivity index (χ1) is 32.7. The summed E-state index contributed by atoms with van der Waals surface area (Å²) < 4.78 is 5.97. The topological polar surface area (TPSA) is 318 Å². The van der Waals surface area contributed by atoms with Crippen LogP contribution in [0.5, 0.6) is 11.5 Å². The molecule has 0 aliphatic heterocycles. The third kappa shape index (κ3) is 8.26. The van der Waals surface area contributed by atoms with Gasteiger partial charge in [0.2, 0.25) is 11.6 Å². The Hall–Kier alpha value is -6.74. The lowest BCUT2D eigenvalue weighted by Crippen LogP contribution is -2.65. The van der Waals surface area contributed by atoms with Gasteiger partial charge in [-0.1, -0.05) is 28.2 Å². The summed E-state index contributed by atoms with van der Waals surface area (Å²) in [5.41, 5.74) is 7.11. The van der Waals surface area contributed by atoms with Crippen molar-refractivity contribution in [3.05, 3.63) is 80.3 Å². The van der Waals surface area contributed by atoms with Crippen molar-refractivity contribution in [3.8, 4) is 11.5 Å². The predicted octanol–water partition coefficient (Wildman–Crippen LogP) is 2.81. The molecule has 0 saturated heterocycles. The van der Waals surface area contributed by atoms with Gasteiger partial charge in [0.05, 0.1) is 29.8 Å². The third-order valence-corrected chi connectivity index (χ3v) is 14.9. The summed E-state index contributed by atoms with van der Waals surface area (Å²) in [4.78, 5) is 84.7. The standard InChI is InChI=1S/C27H35N3O7.C23H27N3O7.2CH4/c1-6-7-10-37-17-9-8-16(29(2)3)14-11-13-12-15-21(30(4)5)23(32)20(26(28)35)25(34)27(15,36)24(33)18(13)22(31)19(14)17;1-25(2)12-5-6-13(27)15-10(12)7-9-8-11-17(26(3)4)19(29)16(22(24)32)21(31)23(11,33)20(30)14(9)18(15)28;;/h8-9,13,15,21,31,34,36H,6-7,10-12H2,1-5H3,(H2,28,35);5-6,9,11,17,27-28,31,33H,7-8H2,1-4H3,(H2,24,32);2*1H4/t13-,15-,21-,27-;9-,11-,17-,23-;;/m00../s1. The van der Waals surface area contributed by atoms with E-state index in [2.05, 4.69) is 0 Å². The van der Waals surface area contributed by atoms with E-state index >= 15 is 0 Å². The number of nitrogens with zero attached hydrogens (tertiary/aromatic N) is 4. The van der Waals surface area contributed by atoms with E-state index in [0.717, 1.165) is 29.8 Å². The van der Waals surface area contributed by atoms with Gasteiger partial charge in [0, 0.05) is 62.5 Å². The Morgan fingerprint density at radius 1 is 0.639 bits per heavy atom. The molecule has 0 unspecified atom stereocenters. The molecule has 392 valence electrons. The fourth-order valence-corrected chi connectivity index (χ4v) is 11.7. The molecule has 20 nitrogen and oxygen atoms in total. The minimum Gasteiger partial charge on any atom is -0.508 e. The maximum absolute atomic E-state index is 14.0. The number of aromatic hydroxyl groups is 1. The maximum Gasteiger partial charge on any atom is 0.255 e. The molecule has 8 rings (SSSR count). The van der Waals surface area contributed by atoms with E-state index in [9.17, 15) is 64.5 Å². The smallest absolute Gasteiger partial charge is 0.255 e. The molecule has 72 heavy (non-hydrogen) atoms. The lowest BCUT2D eigenvalue weighted by molar-refractivity contribution is -0.155. The number of likely N-dealkylation sites (N-methyl/N-ethyl adjacent to an activating group) is 2. The van der Waals surface area contributed by atoms with Gasteiger partial charge in [-0.2, -0.15) is 0 Å². The number of aliphatic hydroxyl groups is 6. The fourth-order valence-electron chi connectivity index (χ4n) is 11.7. The second kappa shape index (κ2) is 20.0. The molecule has 2 amide bonds. The van der Waals surface area contributed by atoms with Gasteiger partial charge in [-0.3, -0.25) is 38.6 Å². The van der Waals surface area contributed by atoms with E-state index in [-0.39, 0.29) is 62.3 Å². The summed E-state index contributed by atoms with van der Waals surface area (Å²) in [6, 6.07) is 4.58. The van der Waals surface area contributed by atoms with E-state index in [1.165, 1.54) is 15.9 Å². The number of hydrogen-bond donors (Lipinski definition) is 9. The van der Waals surface area contributed by atoms with E-state index in [4.69, 9.17) is 16.2 Å². The van der Waals surface area contributed by atoms with Crippen molar-refractivity contribution in [1.82, 2.24) is 9.80 Å². The summed E-state index contributed by atoms with van der Waals surface area (Å²) >= 11 is 0. The van der Waals surface area contributed by atoms with Crippen molar-refractivity contribution in [1.29, 1.82) is 0 Å². The number of phenolic OH excluding ortho intramolecular Hbond substituents is 1. The normalized spacial score (nSPS) is 27.3. The molecule has 6 aliphatic rings. The van der Waals surface area contributed by atoms with Gasteiger partial charge in [-0.15, -0.1) is 0 Å². The van der Waals surface area contributed by atoms with Gasteiger partial charge in [0.1, 0.15) is 45.7 Å². The third-order valence-electron chi connectivity index (χ3n) is 14.9. The largest absolute Gasteiger partial charge is 0.508 e. The average molecular weight is 1000 g/mol. The number of phenols is 1. The highest BCUT2D eigenvalue weighted by Crippen LogP contribution is 2.55. The van der Waals surface area contributed by atoms with Crippen LogP contribution in [0.2, 0.25) is 0 Å². The first kappa shape index (κ1) is 56.2. The molecule has 11 N–H and O–H groups in total. The van der Waals surface area contributed by atoms with Crippen LogP contribution in [-0.4, -0.2) is 167 Å². The number of anilines is 2. The highest BCUT2D eigenvalue weighted by atomic mass is 16.5. The van der Waals surface area contributed by atoms with Crippen LogP contribution in [0.4, 0.5) is 11.4 Å². The number of rotatable bonds is 10. The maximum atomic E-state index is 14.0. The van der Waals surface area contributed by atoms with Gasteiger partial charge >= 0.3 is 0 Å². The van der Waals surface area contributed by atoms with E-state index < -0.39 is 110 Å². The molecular weight excluding hydrogens is 933 g/mol. The Morgan fingerprint density at radius 2 is 1.03 bits per heavy atom. The molecule has 0 radical (unpaired) electrons. The summed E-state index contributed by atoms with van der Waals surface area (Å²) in [5.74, 6) is -12.0. The fraction of sp³-hybridized carbons (Fsp3) is 0.500. The van der Waals surface area contributed by atoms with Crippen LogP contribution in [0.3, 0.4) is 0 Å². The number of ketones is 4. The number of Topliss-reactive ketones (excluding diaryl/α,β-unsaturated/α-hetero) is 4. The number of fused-ring (bicyclic) bond motifs is 6. The van der Waals surface area contributed by atoms with Crippen molar-refractivity contribution >= 4 is 57.8 Å². The summed E-state index contributed by atoms with van der Waals surface area (Å²) in [7, 11) is 13.7. The van der Waals surface area contributed by atoms with Gasteiger partial charge in [0.25, 0.3) is 11.8 Å². The van der Waals surface area contributed by atoms with Crippen molar-refractivity contribution < 1.29 is 69.2 Å². The molecule has 0 heterocycles. The summed E-state index contributed by atoms with van der Waals surface area (Å²) in [6.07, 6.45) is 2.51. The van der Waals surface area contributed by atoms with Crippen LogP contribution >= 0.6 is 0 Å². The molecule has 0 aromatic heterocycles. The molecule has 0 spiro atoms. The highest BCUT2D eigenvalue weighted by Gasteiger charge is 2.66. The first-order valence-corrected chi connectivity index (χ1v) is 23.0. The van der Waals surface area contributed by atoms with Crippen LogP contribution in [0, 0.1) is 23.7 Å². The number of amides is 2. The minimum atomic E-state index is -2.63. The van der Waals surface area contributed by atoms with Crippen LogP contribution in [0.1, 0.15) is 69.7 Å². The molecule has 2 aromatic rings. The number of aliphatic hydroxyl groups excluding tert-OH is 4. The van der Waals surface area contributed by atoms with Crippen molar-refractivity contribution in [3.63, 3.8) is 0 Å². The Morgan fingerprint density at radius 3 is 1.40 bits per heavy atom. The quantitative estimate of drug-likeness (QED) is 0.122. The Balaban J connectivity index is 0.000000262. The number of hydrogen-bond acceptors (Lipinski definition) is 18. The van der Waals surface area contributed by atoms with Gasteiger partial charge < -0.3 is 61.7 Å². The number of carbonyl (C=O) groups excluding carboxylic acids is 6. The zero-order valence-corrected chi connectivity index (χ0v) is 40.7. The number of nitrogens with two attached hydrogens (primary N) is 2. The van der Waals surface area contributed by atoms with Crippen LogP contribution < -0.4 is 26.0 Å². The molecular formula is C52H70N6O14. The number of ether oxygens (including phenoxy) is 1. The van der Waals surface area contributed by atoms with Crippen LogP contribution in [0.25, 0.3) is 11.5 Å². The Bertz CT molecular complexity index is 2770. The number of carbonyl (C=O) groups is 6. The van der Waals surface area contributed by atoms with E-state index in [1.54, 1.807) is 40.3 Å². The Labute approximate surface area is 419 Å². The zero-order chi connectivity index (χ0) is 52.0. The van der Waals surface area contributed by atoms with Gasteiger partial charge in [0.15, 0.2) is 22.8 Å². The number of benzene rings is 2. The second-order valence-electron chi connectivity index (χ2n) is 19.8. The number of unbranched alkanes of at least 4 members (excludes halogenated alkanes) is 1. The minimum absolute atomic E-state index is 0. The highest BCUT2D eigenvalue weighted by molar-refractivity contribution is 6.25. The van der Waals surface area contributed by atoms with E-state index in [1.807, 2.05) is 51.0 Å². The average Bonchev–Trinajstić information content (AvgIpc) is 3.25. The van der Waals surface area contributed by atoms with Gasteiger partial charge in [-0.05, 0) is 108 Å². The lowest BCUT2D eigenvalue weighted by atomic mass is 9.57. The van der Waals surface area contributed by atoms with Crippen molar-refractivity contribution in [2.45, 2.75) is 83.6 Å². The lowest BCUT2D eigenvalue weighted by Gasteiger charge is -2.50. The van der Waals surface area contributed by atoms with Crippen molar-refractivity contribution in [2.24, 2.45) is 35.1 Å². The summed E-state index contributed by atoms with van der Waals surface area (Å²) in [5, 5.41) is 78.1. The van der Waals surface area contributed by atoms with Crippen LogP contribution in [0.15, 0.2) is 58.1 Å².